The molecule has 5 rings (SSSR count). The Morgan fingerprint density at radius 2 is 1.71 bits per heavy atom. The number of fused-ring (bicyclic) bond motifs is 1. The van der Waals surface area contributed by atoms with Crippen LogP contribution < -0.4 is 15.4 Å². The number of imidazole rings is 2. The van der Waals surface area contributed by atoms with Crippen molar-refractivity contribution in [3.8, 4) is 23.0 Å². The Balaban J connectivity index is 1.38. The molecule has 0 fully saturated rings. The monoisotopic (exact) mass is 575 g/mol. The standard InChI is InChI=1S/C26H19F6N7O2/c1-13(40)35-18-5-3-14(9-17(18)25(27,28)29)36-24-37-19-10-15(4-6-21(19)39(24)2)41-16-7-8-33-20(11-16)23-34-12-22(38-23)26(30,31)32/h3-12H,1-2H3,(H,34,38)(H,35,40)(H,36,37). The highest BCUT2D eigenvalue weighted by Gasteiger charge is 2.34. The van der Waals surface area contributed by atoms with E-state index in [1.807, 2.05) is 0 Å². The van der Waals surface area contributed by atoms with Crippen LogP contribution in [0.15, 0.2) is 60.9 Å². The van der Waals surface area contributed by atoms with Crippen molar-refractivity contribution < 1.29 is 35.9 Å². The molecule has 0 radical (unpaired) electrons. The molecule has 9 nitrogen and oxygen atoms in total. The molecule has 0 aliphatic rings. The Labute approximate surface area is 227 Å². The average Bonchev–Trinajstić information content (AvgIpc) is 3.50. The first-order valence-electron chi connectivity index (χ1n) is 11.8. The number of benzene rings is 2. The predicted molar refractivity (Wildman–Crippen MR) is 137 cm³/mol. The van der Waals surface area contributed by atoms with Crippen LogP contribution in [-0.2, 0) is 24.2 Å². The number of rotatable bonds is 6. The van der Waals surface area contributed by atoms with Gasteiger partial charge in [0, 0.05) is 38.0 Å². The summed E-state index contributed by atoms with van der Waals surface area (Å²) in [5, 5.41) is 5.04. The van der Waals surface area contributed by atoms with Gasteiger partial charge in [0.25, 0.3) is 0 Å². The molecule has 3 N–H and O–H groups in total. The van der Waals surface area contributed by atoms with Gasteiger partial charge in [0.15, 0.2) is 5.82 Å². The van der Waals surface area contributed by atoms with Crippen molar-refractivity contribution in [1.82, 2.24) is 24.5 Å². The van der Waals surface area contributed by atoms with Gasteiger partial charge in [-0.05, 0) is 36.4 Å². The second-order valence-corrected chi connectivity index (χ2v) is 8.83. The molecule has 0 saturated heterocycles. The van der Waals surface area contributed by atoms with Crippen molar-refractivity contribution in [2.45, 2.75) is 19.3 Å². The zero-order valence-corrected chi connectivity index (χ0v) is 21.1. The van der Waals surface area contributed by atoms with Crippen LogP contribution in [0.1, 0.15) is 18.2 Å². The maximum Gasteiger partial charge on any atom is 0.432 e. The number of ether oxygens (including phenoxy) is 1. The molecule has 1 amide bonds. The fourth-order valence-electron chi connectivity index (χ4n) is 3.97. The Hall–Kier alpha value is -5.08. The SMILES string of the molecule is CC(=O)Nc1ccc(Nc2nc3cc(Oc4ccnc(-c5ncc(C(F)(F)F)[nH]5)c4)ccc3n2C)cc1C(F)(F)F. The van der Waals surface area contributed by atoms with Crippen LogP contribution in [0.3, 0.4) is 0 Å². The maximum atomic E-state index is 13.6. The molecule has 5 aromatic rings. The van der Waals surface area contributed by atoms with Crippen LogP contribution in [0, 0.1) is 0 Å². The van der Waals surface area contributed by atoms with E-state index in [0.29, 0.717) is 23.0 Å². The molecule has 0 bridgehead atoms. The van der Waals surface area contributed by atoms with E-state index in [0.717, 1.165) is 19.1 Å². The number of alkyl halides is 6. The van der Waals surface area contributed by atoms with Crippen LogP contribution in [0.2, 0.25) is 0 Å². The van der Waals surface area contributed by atoms with E-state index in [1.54, 1.807) is 29.8 Å². The number of pyridine rings is 1. The molecular formula is C26H19F6N7O2. The van der Waals surface area contributed by atoms with E-state index >= 15 is 0 Å². The number of amides is 1. The number of carbonyl (C=O) groups excluding carboxylic acids is 1. The first-order chi connectivity index (χ1) is 19.3. The number of halogens is 6. The zero-order chi connectivity index (χ0) is 29.5. The van der Waals surface area contributed by atoms with E-state index in [1.165, 1.54) is 24.4 Å². The summed E-state index contributed by atoms with van der Waals surface area (Å²) in [6.45, 7) is 1.11. The second-order valence-electron chi connectivity index (χ2n) is 8.83. The first-order valence-corrected chi connectivity index (χ1v) is 11.8. The lowest BCUT2D eigenvalue weighted by atomic mass is 10.1. The third-order valence-corrected chi connectivity index (χ3v) is 5.84. The van der Waals surface area contributed by atoms with Crippen molar-refractivity contribution in [1.29, 1.82) is 0 Å². The van der Waals surface area contributed by atoms with Crippen molar-refractivity contribution in [2.75, 3.05) is 10.6 Å². The number of aromatic nitrogens is 5. The van der Waals surface area contributed by atoms with Gasteiger partial charge in [-0.3, -0.25) is 9.78 Å². The van der Waals surface area contributed by atoms with Gasteiger partial charge in [-0.1, -0.05) is 0 Å². The number of aromatic amines is 1. The lowest BCUT2D eigenvalue weighted by Gasteiger charge is -2.15. The molecule has 0 aliphatic heterocycles. The minimum Gasteiger partial charge on any atom is -0.457 e. The molecule has 2 aromatic carbocycles. The van der Waals surface area contributed by atoms with Crippen molar-refractivity contribution in [2.24, 2.45) is 7.05 Å². The summed E-state index contributed by atoms with van der Waals surface area (Å²) in [6, 6.07) is 11.2. The molecule has 3 heterocycles. The fourth-order valence-corrected chi connectivity index (χ4v) is 3.97. The zero-order valence-electron chi connectivity index (χ0n) is 21.1. The van der Waals surface area contributed by atoms with Crippen molar-refractivity contribution in [3.63, 3.8) is 0 Å². The lowest BCUT2D eigenvalue weighted by molar-refractivity contribution is -0.141. The number of hydrogen-bond donors (Lipinski definition) is 3. The van der Waals surface area contributed by atoms with Gasteiger partial charge in [-0.15, -0.1) is 0 Å². The summed E-state index contributed by atoms with van der Waals surface area (Å²) in [6.07, 6.45) is -7.26. The summed E-state index contributed by atoms with van der Waals surface area (Å²) in [7, 11) is 1.67. The third-order valence-electron chi connectivity index (χ3n) is 5.84. The molecule has 0 unspecified atom stereocenters. The number of nitrogens with zero attached hydrogens (tertiary/aromatic N) is 4. The first kappa shape index (κ1) is 27.5. The number of H-pyrrole nitrogens is 1. The number of hydrogen-bond acceptors (Lipinski definition) is 6. The summed E-state index contributed by atoms with van der Waals surface area (Å²) < 4.78 is 87.0. The topological polar surface area (TPSA) is 110 Å². The molecule has 0 aliphatic carbocycles. The highest BCUT2D eigenvalue weighted by molar-refractivity contribution is 5.90. The largest absolute Gasteiger partial charge is 0.457 e. The van der Waals surface area contributed by atoms with Gasteiger partial charge in [0.1, 0.15) is 22.9 Å². The Bertz CT molecular complexity index is 1760. The van der Waals surface area contributed by atoms with Gasteiger partial charge in [-0.25, -0.2) is 9.97 Å². The van der Waals surface area contributed by atoms with Gasteiger partial charge in [-0.2, -0.15) is 26.3 Å². The average molecular weight is 575 g/mol. The quantitative estimate of drug-likeness (QED) is 0.190. The summed E-state index contributed by atoms with van der Waals surface area (Å²) in [5.41, 5.74) is -1.08. The second kappa shape index (κ2) is 10.1. The normalized spacial score (nSPS) is 12.0. The Morgan fingerprint density at radius 3 is 2.39 bits per heavy atom. The molecule has 212 valence electrons. The van der Waals surface area contributed by atoms with E-state index in [2.05, 4.69) is 30.6 Å². The molecule has 0 spiro atoms. The molecule has 0 saturated carbocycles. The molecule has 15 heteroatoms. The van der Waals surface area contributed by atoms with Gasteiger partial charge in [0.2, 0.25) is 11.9 Å². The highest BCUT2D eigenvalue weighted by Crippen LogP contribution is 2.37. The maximum absolute atomic E-state index is 13.6. The van der Waals surface area contributed by atoms with Crippen LogP contribution in [0.25, 0.3) is 22.6 Å². The van der Waals surface area contributed by atoms with E-state index in [4.69, 9.17) is 4.74 Å². The fraction of sp³-hybridized carbons (Fsp3) is 0.154. The van der Waals surface area contributed by atoms with Crippen LogP contribution >= 0.6 is 0 Å². The summed E-state index contributed by atoms with van der Waals surface area (Å²) in [4.78, 5) is 25.7. The predicted octanol–water partition coefficient (Wildman–Crippen LogP) is 6.89. The van der Waals surface area contributed by atoms with Crippen molar-refractivity contribution >= 4 is 34.3 Å². The molecular weight excluding hydrogens is 556 g/mol. The van der Waals surface area contributed by atoms with Gasteiger partial charge < -0.3 is 24.9 Å². The smallest absolute Gasteiger partial charge is 0.432 e. The van der Waals surface area contributed by atoms with Crippen LogP contribution in [0.4, 0.5) is 43.7 Å². The molecule has 41 heavy (non-hydrogen) atoms. The number of anilines is 3. The summed E-state index contributed by atoms with van der Waals surface area (Å²) >= 11 is 0. The Morgan fingerprint density at radius 1 is 0.951 bits per heavy atom. The van der Waals surface area contributed by atoms with E-state index in [-0.39, 0.29) is 34.6 Å². The van der Waals surface area contributed by atoms with E-state index < -0.39 is 29.5 Å². The molecule has 0 atom stereocenters. The van der Waals surface area contributed by atoms with Crippen LogP contribution in [0.5, 0.6) is 11.5 Å². The highest BCUT2D eigenvalue weighted by atomic mass is 19.4. The Kier molecular flexibility index (Phi) is 6.80. The number of carbonyl (C=O) groups is 1. The minimum absolute atomic E-state index is 0.0857. The number of aryl methyl sites for hydroxylation is 1. The van der Waals surface area contributed by atoms with Crippen LogP contribution in [-0.4, -0.2) is 30.4 Å². The number of nitrogens with one attached hydrogen (secondary N) is 3. The summed E-state index contributed by atoms with van der Waals surface area (Å²) in [5.74, 6) is 0.130. The van der Waals surface area contributed by atoms with Crippen molar-refractivity contribution in [3.05, 3.63) is 72.2 Å². The van der Waals surface area contributed by atoms with Gasteiger partial charge in [0.05, 0.1) is 28.5 Å². The van der Waals surface area contributed by atoms with E-state index in [9.17, 15) is 31.1 Å². The van der Waals surface area contributed by atoms with Gasteiger partial charge >= 0.3 is 12.4 Å². The minimum atomic E-state index is -4.71. The lowest BCUT2D eigenvalue weighted by Crippen LogP contribution is -2.14. The molecule has 3 aromatic heterocycles. The third kappa shape index (κ3) is 5.92.